The van der Waals surface area contributed by atoms with Crippen molar-refractivity contribution in [3.8, 4) is 0 Å². The summed E-state index contributed by atoms with van der Waals surface area (Å²) in [6.45, 7) is 8.58. The van der Waals surface area contributed by atoms with E-state index in [0.29, 0.717) is 0 Å². The summed E-state index contributed by atoms with van der Waals surface area (Å²) < 4.78 is 5.33. The highest BCUT2D eigenvalue weighted by Gasteiger charge is 2.24. The molecule has 0 aromatic carbocycles. The van der Waals surface area contributed by atoms with E-state index in [4.69, 9.17) is 10.5 Å². The molecule has 0 rings (SSSR count). The van der Waals surface area contributed by atoms with Gasteiger partial charge in [0.05, 0.1) is 5.60 Å². The Labute approximate surface area is 82.8 Å². The smallest absolute Gasteiger partial charge is 0.0772 e. The van der Waals surface area contributed by atoms with E-state index < -0.39 is 0 Å². The van der Waals surface area contributed by atoms with Crippen LogP contribution in [0, 0.1) is 5.92 Å². The van der Waals surface area contributed by atoms with Crippen LogP contribution in [0.5, 0.6) is 0 Å². The van der Waals surface area contributed by atoms with Gasteiger partial charge in [-0.15, -0.1) is 0 Å². The van der Waals surface area contributed by atoms with Crippen LogP contribution in [-0.4, -0.2) is 18.8 Å². The van der Waals surface area contributed by atoms with E-state index in [0.717, 1.165) is 12.3 Å². The van der Waals surface area contributed by atoms with Crippen molar-refractivity contribution in [2.24, 2.45) is 11.7 Å². The molecular formula is C11H25NO. The van der Waals surface area contributed by atoms with E-state index in [1.807, 2.05) is 13.8 Å². The second-order valence-corrected chi connectivity index (χ2v) is 4.74. The lowest BCUT2D eigenvalue weighted by Gasteiger charge is -2.30. The van der Waals surface area contributed by atoms with Gasteiger partial charge in [-0.1, -0.05) is 26.7 Å². The first-order chi connectivity index (χ1) is 5.90. The highest BCUT2D eigenvalue weighted by Crippen LogP contribution is 2.17. The Bertz CT molecular complexity index is 132. The Hall–Kier alpha value is -0.0800. The molecule has 0 aliphatic rings. The second-order valence-electron chi connectivity index (χ2n) is 4.74. The number of hydrogen-bond donors (Lipinski definition) is 1. The molecule has 1 atom stereocenters. The standard InChI is InChI=1S/C11H25NO/c1-9(2)7-6-8-10(12)11(3,4)13-5/h9-10H,6-8,12H2,1-5H3. The Morgan fingerprint density at radius 1 is 1.23 bits per heavy atom. The molecule has 2 heteroatoms. The molecule has 0 amide bonds. The monoisotopic (exact) mass is 187 g/mol. The van der Waals surface area contributed by atoms with Gasteiger partial charge in [0.2, 0.25) is 0 Å². The maximum absolute atomic E-state index is 6.02. The van der Waals surface area contributed by atoms with Crippen molar-refractivity contribution in [2.45, 2.75) is 58.6 Å². The van der Waals surface area contributed by atoms with Crippen LogP contribution in [0.1, 0.15) is 47.0 Å². The molecule has 0 spiro atoms. The zero-order valence-corrected chi connectivity index (χ0v) is 9.76. The van der Waals surface area contributed by atoms with Crippen molar-refractivity contribution in [1.82, 2.24) is 0 Å². The van der Waals surface area contributed by atoms with E-state index >= 15 is 0 Å². The van der Waals surface area contributed by atoms with Crippen LogP contribution in [0.2, 0.25) is 0 Å². The number of ether oxygens (including phenoxy) is 1. The van der Waals surface area contributed by atoms with E-state index in [-0.39, 0.29) is 11.6 Å². The van der Waals surface area contributed by atoms with Crippen LogP contribution in [0.25, 0.3) is 0 Å². The molecule has 0 saturated heterocycles. The van der Waals surface area contributed by atoms with Crippen molar-refractivity contribution in [2.75, 3.05) is 7.11 Å². The van der Waals surface area contributed by atoms with Crippen molar-refractivity contribution >= 4 is 0 Å². The number of rotatable bonds is 6. The molecule has 0 aliphatic carbocycles. The first-order valence-corrected chi connectivity index (χ1v) is 5.21. The van der Waals surface area contributed by atoms with Crippen LogP contribution in [0.4, 0.5) is 0 Å². The summed E-state index contributed by atoms with van der Waals surface area (Å²) in [6.07, 6.45) is 3.51. The minimum absolute atomic E-state index is 0.149. The first kappa shape index (κ1) is 12.9. The third kappa shape index (κ3) is 5.27. The fraction of sp³-hybridized carbons (Fsp3) is 1.00. The molecule has 0 fully saturated rings. The Morgan fingerprint density at radius 2 is 1.77 bits per heavy atom. The fourth-order valence-corrected chi connectivity index (χ4v) is 1.24. The summed E-state index contributed by atoms with van der Waals surface area (Å²) in [5.74, 6) is 0.776. The average molecular weight is 187 g/mol. The van der Waals surface area contributed by atoms with Crippen LogP contribution >= 0.6 is 0 Å². The van der Waals surface area contributed by atoms with Crippen LogP contribution < -0.4 is 5.73 Å². The topological polar surface area (TPSA) is 35.2 Å². The van der Waals surface area contributed by atoms with Gasteiger partial charge in [-0.2, -0.15) is 0 Å². The molecule has 0 aromatic rings. The average Bonchev–Trinajstić information content (AvgIpc) is 2.03. The molecule has 2 N–H and O–H groups in total. The highest BCUT2D eigenvalue weighted by atomic mass is 16.5. The van der Waals surface area contributed by atoms with E-state index in [9.17, 15) is 0 Å². The van der Waals surface area contributed by atoms with Crippen LogP contribution in [0.15, 0.2) is 0 Å². The Kier molecular flexibility index (Phi) is 5.57. The van der Waals surface area contributed by atoms with Gasteiger partial charge in [-0.3, -0.25) is 0 Å². The lowest BCUT2D eigenvalue weighted by Crippen LogP contribution is -2.44. The zero-order chi connectivity index (χ0) is 10.5. The van der Waals surface area contributed by atoms with Gasteiger partial charge in [0.25, 0.3) is 0 Å². The SMILES string of the molecule is COC(C)(C)C(N)CCCC(C)C. The third-order valence-corrected chi connectivity index (χ3v) is 2.72. The number of hydrogen-bond acceptors (Lipinski definition) is 2. The van der Waals surface area contributed by atoms with Gasteiger partial charge < -0.3 is 10.5 Å². The molecular weight excluding hydrogens is 162 g/mol. The fourth-order valence-electron chi connectivity index (χ4n) is 1.24. The largest absolute Gasteiger partial charge is 0.377 e. The molecule has 1 unspecified atom stereocenters. The summed E-state index contributed by atoms with van der Waals surface area (Å²) in [6, 6.07) is 0.149. The van der Waals surface area contributed by atoms with Gasteiger partial charge in [-0.25, -0.2) is 0 Å². The van der Waals surface area contributed by atoms with Gasteiger partial charge in [0, 0.05) is 13.2 Å². The molecule has 0 heterocycles. The lowest BCUT2D eigenvalue weighted by atomic mass is 9.93. The van der Waals surface area contributed by atoms with Gasteiger partial charge >= 0.3 is 0 Å². The predicted octanol–water partition coefficient (Wildman–Crippen LogP) is 2.57. The van der Waals surface area contributed by atoms with Crippen molar-refractivity contribution in [3.05, 3.63) is 0 Å². The summed E-state index contributed by atoms with van der Waals surface area (Å²) in [7, 11) is 1.72. The molecule has 0 aliphatic heterocycles. The maximum Gasteiger partial charge on any atom is 0.0772 e. The summed E-state index contributed by atoms with van der Waals surface area (Å²) >= 11 is 0. The molecule has 0 aromatic heterocycles. The van der Waals surface area contributed by atoms with Gasteiger partial charge in [-0.05, 0) is 26.2 Å². The first-order valence-electron chi connectivity index (χ1n) is 5.21. The normalized spacial score (nSPS) is 15.0. The minimum atomic E-state index is -0.184. The third-order valence-electron chi connectivity index (χ3n) is 2.72. The molecule has 0 saturated carbocycles. The maximum atomic E-state index is 6.02. The van der Waals surface area contributed by atoms with Crippen molar-refractivity contribution in [3.63, 3.8) is 0 Å². The molecule has 2 nitrogen and oxygen atoms in total. The highest BCUT2D eigenvalue weighted by molar-refractivity contribution is 4.82. The predicted molar refractivity (Wildman–Crippen MR) is 57.8 cm³/mol. The minimum Gasteiger partial charge on any atom is -0.377 e. The Morgan fingerprint density at radius 3 is 2.15 bits per heavy atom. The molecule has 0 bridgehead atoms. The summed E-state index contributed by atoms with van der Waals surface area (Å²) in [5, 5.41) is 0. The summed E-state index contributed by atoms with van der Waals surface area (Å²) in [5.41, 5.74) is 5.84. The van der Waals surface area contributed by atoms with Gasteiger partial charge in [0.15, 0.2) is 0 Å². The van der Waals surface area contributed by atoms with Crippen molar-refractivity contribution in [1.29, 1.82) is 0 Å². The van der Waals surface area contributed by atoms with E-state index in [2.05, 4.69) is 13.8 Å². The zero-order valence-electron chi connectivity index (χ0n) is 9.76. The second kappa shape index (κ2) is 5.61. The molecule has 0 radical (unpaired) electrons. The summed E-state index contributed by atoms with van der Waals surface area (Å²) in [4.78, 5) is 0. The van der Waals surface area contributed by atoms with E-state index in [1.165, 1.54) is 12.8 Å². The number of methoxy groups -OCH3 is 1. The van der Waals surface area contributed by atoms with Crippen molar-refractivity contribution < 1.29 is 4.74 Å². The lowest BCUT2D eigenvalue weighted by molar-refractivity contribution is -0.00217. The molecule has 13 heavy (non-hydrogen) atoms. The molecule has 80 valence electrons. The van der Waals surface area contributed by atoms with E-state index in [1.54, 1.807) is 7.11 Å². The van der Waals surface area contributed by atoms with Gasteiger partial charge in [0.1, 0.15) is 0 Å². The Balaban J connectivity index is 3.68. The van der Waals surface area contributed by atoms with Crippen LogP contribution in [-0.2, 0) is 4.74 Å². The number of nitrogens with two attached hydrogens (primary N) is 1. The quantitative estimate of drug-likeness (QED) is 0.693. The van der Waals surface area contributed by atoms with Crippen LogP contribution in [0.3, 0.4) is 0 Å².